The summed E-state index contributed by atoms with van der Waals surface area (Å²) in [5.41, 5.74) is 1.53. The third kappa shape index (κ3) is 4.55. The molecule has 1 fully saturated rings. The van der Waals surface area contributed by atoms with Gasteiger partial charge in [-0.25, -0.2) is 4.79 Å². The van der Waals surface area contributed by atoms with Crippen LogP contribution in [-0.2, 0) is 20.7 Å². The Kier molecular flexibility index (Phi) is 6.14. The van der Waals surface area contributed by atoms with Crippen molar-refractivity contribution >= 4 is 11.9 Å². The molecule has 1 saturated carbocycles. The number of hydrogen-bond acceptors (Lipinski definition) is 4. The van der Waals surface area contributed by atoms with Crippen LogP contribution in [0.3, 0.4) is 0 Å². The largest absolute Gasteiger partial charge is 0.493 e. The van der Waals surface area contributed by atoms with Gasteiger partial charge in [0, 0.05) is 6.42 Å². The molecule has 1 amide bonds. The van der Waals surface area contributed by atoms with Crippen LogP contribution >= 0.6 is 0 Å². The Morgan fingerprint density at radius 3 is 2.65 bits per heavy atom. The van der Waals surface area contributed by atoms with Crippen molar-refractivity contribution in [3.63, 3.8) is 0 Å². The van der Waals surface area contributed by atoms with E-state index in [1.807, 2.05) is 0 Å². The Hall–Kier alpha value is -2.08. The minimum Gasteiger partial charge on any atom is -0.493 e. The third-order valence-electron chi connectivity index (χ3n) is 5.15. The number of rotatable bonds is 6. The molecular formula is C20H27NO5. The van der Waals surface area contributed by atoms with E-state index < -0.39 is 24.0 Å². The zero-order valence-electron chi connectivity index (χ0n) is 15.2. The van der Waals surface area contributed by atoms with Crippen molar-refractivity contribution in [2.24, 2.45) is 0 Å². The summed E-state index contributed by atoms with van der Waals surface area (Å²) in [6, 6.07) is 4.18. The Bertz CT molecular complexity index is 652. The van der Waals surface area contributed by atoms with Gasteiger partial charge in [-0.1, -0.05) is 31.7 Å². The van der Waals surface area contributed by atoms with Gasteiger partial charge in [0.25, 0.3) is 0 Å². The molecule has 6 heteroatoms. The first-order chi connectivity index (χ1) is 12.5. The summed E-state index contributed by atoms with van der Waals surface area (Å²) >= 11 is 0. The number of aliphatic carboxylic acids is 1. The second-order valence-electron chi connectivity index (χ2n) is 7.14. The lowest BCUT2D eigenvalue weighted by molar-refractivity contribution is -0.145. The number of carbonyl (C=O) groups is 2. The molecule has 2 atom stereocenters. The first-order valence-electron chi connectivity index (χ1n) is 9.49. The van der Waals surface area contributed by atoms with Crippen molar-refractivity contribution in [1.82, 2.24) is 5.32 Å². The highest BCUT2D eigenvalue weighted by Crippen LogP contribution is 2.28. The summed E-state index contributed by atoms with van der Waals surface area (Å²) in [7, 11) is 0. The molecular weight excluding hydrogens is 334 g/mol. The predicted molar refractivity (Wildman–Crippen MR) is 96.2 cm³/mol. The van der Waals surface area contributed by atoms with Crippen LogP contribution in [0, 0.1) is 0 Å². The summed E-state index contributed by atoms with van der Waals surface area (Å²) in [5, 5.41) is 12.2. The SMILES string of the molecule is CC(OC1CCCCCC1)C(=O)NC(C(=O)O)c1ccc2c(c1)CCO2. The molecule has 3 rings (SSSR count). The van der Waals surface area contributed by atoms with E-state index in [1.54, 1.807) is 25.1 Å². The van der Waals surface area contributed by atoms with Crippen LogP contribution in [0.1, 0.15) is 62.6 Å². The molecule has 2 N–H and O–H groups in total. The third-order valence-corrected chi connectivity index (χ3v) is 5.15. The quantitative estimate of drug-likeness (QED) is 0.761. The molecule has 2 aliphatic rings. The Morgan fingerprint density at radius 2 is 1.96 bits per heavy atom. The lowest BCUT2D eigenvalue weighted by Gasteiger charge is -2.23. The van der Waals surface area contributed by atoms with E-state index in [4.69, 9.17) is 9.47 Å². The fourth-order valence-corrected chi connectivity index (χ4v) is 3.66. The van der Waals surface area contributed by atoms with E-state index in [2.05, 4.69) is 5.32 Å². The fraction of sp³-hybridized carbons (Fsp3) is 0.600. The van der Waals surface area contributed by atoms with Crippen LogP contribution in [0.15, 0.2) is 18.2 Å². The van der Waals surface area contributed by atoms with Crippen molar-refractivity contribution in [3.8, 4) is 5.75 Å². The highest BCUT2D eigenvalue weighted by Gasteiger charge is 2.28. The maximum absolute atomic E-state index is 12.5. The van der Waals surface area contributed by atoms with Gasteiger partial charge in [-0.3, -0.25) is 4.79 Å². The van der Waals surface area contributed by atoms with Crippen molar-refractivity contribution in [1.29, 1.82) is 0 Å². The molecule has 0 bridgehead atoms. The van der Waals surface area contributed by atoms with Gasteiger partial charge in [0.05, 0.1) is 12.7 Å². The number of fused-ring (bicyclic) bond motifs is 1. The predicted octanol–water partition coefficient (Wildman–Crippen LogP) is 2.99. The standard InChI is InChI=1S/C20H27NO5/c1-13(26-16-6-4-2-3-5-7-16)19(22)21-18(20(23)24)15-8-9-17-14(12-15)10-11-25-17/h8-9,12-13,16,18H,2-7,10-11H2,1H3,(H,21,22)(H,23,24). The number of nitrogens with one attached hydrogen (secondary N) is 1. The summed E-state index contributed by atoms with van der Waals surface area (Å²) in [6.45, 7) is 2.30. The lowest BCUT2D eigenvalue weighted by Crippen LogP contribution is -2.41. The molecule has 142 valence electrons. The van der Waals surface area contributed by atoms with Gasteiger partial charge in [-0.15, -0.1) is 0 Å². The molecule has 1 aromatic carbocycles. The van der Waals surface area contributed by atoms with Gasteiger partial charge in [-0.05, 0) is 43.0 Å². The van der Waals surface area contributed by atoms with Gasteiger partial charge in [0.1, 0.15) is 11.9 Å². The van der Waals surface area contributed by atoms with E-state index in [1.165, 1.54) is 12.8 Å². The van der Waals surface area contributed by atoms with E-state index in [-0.39, 0.29) is 6.10 Å². The van der Waals surface area contributed by atoms with Crippen LogP contribution < -0.4 is 10.1 Å². The maximum Gasteiger partial charge on any atom is 0.330 e. The molecule has 0 saturated heterocycles. The fourth-order valence-electron chi connectivity index (χ4n) is 3.66. The maximum atomic E-state index is 12.5. The van der Waals surface area contributed by atoms with E-state index in [0.717, 1.165) is 43.4 Å². The van der Waals surface area contributed by atoms with E-state index >= 15 is 0 Å². The molecule has 1 aliphatic carbocycles. The zero-order valence-corrected chi connectivity index (χ0v) is 15.2. The summed E-state index contributed by atoms with van der Waals surface area (Å²) < 4.78 is 11.4. The molecule has 1 aromatic rings. The lowest BCUT2D eigenvalue weighted by atomic mass is 10.0. The number of amides is 1. The monoisotopic (exact) mass is 361 g/mol. The van der Waals surface area contributed by atoms with Crippen LogP contribution in [0.25, 0.3) is 0 Å². The topological polar surface area (TPSA) is 84.9 Å². The van der Waals surface area contributed by atoms with Gasteiger partial charge >= 0.3 is 5.97 Å². The second-order valence-corrected chi connectivity index (χ2v) is 7.14. The van der Waals surface area contributed by atoms with Crippen molar-refractivity contribution < 1.29 is 24.2 Å². The minimum absolute atomic E-state index is 0.0821. The molecule has 6 nitrogen and oxygen atoms in total. The number of carboxylic acids is 1. The first kappa shape index (κ1) is 18.7. The van der Waals surface area contributed by atoms with Crippen molar-refractivity contribution in [3.05, 3.63) is 29.3 Å². The number of hydrogen-bond donors (Lipinski definition) is 2. The molecule has 1 heterocycles. The molecule has 2 unspecified atom stereocenters. The number of ether oxygens (including phenoxy) is 2. The number of carboxylic acid groups (broad SMARTS) is 1. The average Bonchev–Trinajstić information content (AvgIpc) is 2.94. The van der Waals surface area contributed by atoms with Crippen molar-refractivity contribution in [2.75, 3.05) is 6.61 Å². The number of carbonyl (C=O) groups excluding carboxylic acids is 1. The normalized spacial score (nSPS) is 19.7. The van der Waals surface area contributed by atoms with Crippen LogP contribution in [0.2, 0.25) is 0 Å². The van der Waals surface area contributed by atoms with Crippen LogP contribution in [0.5, 0.6) is 5.75 Å². The van der Waals surface area contributed by atoms with E-state index in [0.29, 0.717) is 12.2 Å². The van der Waals surface area contributed by atoms with Gasteiger partial charge in [0.2, 0.25) is 5.91 Å². The summed E-state index contributed by atoms with van der Waals surface area (Å²) in [5.74, 6) is -0.688. The average molecular weight is 361 g/mol. The van der Waals surface area contributed by atoms with Crippen molar-refractivity contribution in [2.45, 2.75) is 70.1 Å². The molecule has 26 heavy (non-hydrogen) atoms. The second kappa shape index (κ2) is 8.54. The Labute approximate surface area is 153 Å². The molecule has 0 radical (unpaired) electrons. The Balaban J connectivity index is 1.63. The van der Waals surface area contributed by atoms with Gasteiger partial charge in [-0.2, -0.15) is 0 Å². The molecule has 1 aliphatic heterocycles. The van der Waals surface area contributed by atoms with Gasteiger partial charge < -0.3 is 19.9 Å². The number of benzene rings is 1. The van der Waals surface area contributed by atoms with Gasteiger partial charge in [0.15, 0.2) is 6.04 Å². The van der Waals surface area contributed by atoms with Crippen LogP contribution in [0.4, 0.5) is 0 Å². The first-order valence-corrected chi connectivity index (χ1v) is 9.49. The van der Waals surface area contributed by atoms with E-state index in [9.17, 15) is 14.7 Å². The summed E-state index contributed by atoms with van der Waals surface area (Å²) in [6.07, 6.45) is 6.76. The highest BCUT2D eigenvalue weighted by atomic mass is 16.5. The minimum atomic E-state index is -1.09. The zero-order chi connectivity index (χ0) is 18.5. The Morgan fingerprint density at radius 1 is 1.23 bits per heavy atom. The smallest absolute Gasteiger partial charge is 0.330 e. The van der Waals surface area contributed by atoms with Crippen LogP contribution in [-0.4, -0.2) is 35.8 Å². The summed E-state index contributed by atoms with van der Waals surface area (Å²) in [4.78, 5) is 24.2. The molecule has 0 spiro atoms. The molecule has 0 aromatic heterocycles. The highest BCUT2D eigenvalue weighted by molar-refractivity contribution is 5.87.